The highest BCUT2D eigenvalue weighted by Crippen LogP contribution is 2.07. The Hall–Kier alpha value is -2.63. The van der Waals surface area contributed by atoms with Gasteiger partial charge in [-0.15, -0.1) is 0 Å². The van der Waals surface area contributed by atoms with E-state index in [1.165, 1.54) is 13.1 Å². The highest BCUT2D eigenvalue weighted by Gasteiger charge is 2.18. The first-order chi connectivity index (χ1) is 9.00. The Balaban J connectivity index is 2.41. The van der Waals surface area contributed by atoms with E-state index in [4.69, 9.17) is 5.11 Å². The summed E-state index contributed by atoms with van der Waals surface area (Å²) in [5.74, 6) is -1.87. The number of para-hydroxylation sites is 1. The van der Waals surface area contributed by atoms with Crippen LogP contribution in [0.5, 0.6) is 0 Å². The maximum absolute atomic E-state index is 12.1. The molecule has 2 rings (SSSR count). The summed E-state index contributed by atoms with van der Waals surface area (Å²) in [5, 5.41) is 11.3. The molecular weight excluding hydrogens is 248 g/mol. The van der Waals surface area contributed by atoms with Gasteiger partial charge < -0.3 is 15.4 Å². The van der Waals surface area contributed by atoms with Gasteiger partial charge in [0.25, 0.3) is 5.91 Å². The van der Waals surface area contributed by atoms with Crippen molar-refractivity contribution >= 4 is 22.8 Å². The predicted octanol–water partition coefficient (Wildman–Crippen LogP) is 0.731. The fraction of sp³-hybridized carbons (Fsp3) is 0.154. The summed E-state index contributed by atoms with van der Waals surface area (Å²) in [6.45, 7) is 1.33. The molecule has 98 valence electrons. The summed E-state index contributed by atoms with van der Waals surface area (Å²) in [4.78, 5) is 37.4. The van der Waals surface area contributed by atoms with Crippen molar-refractivity contribution in [1.29, 1.82) is 0 Å². The number of hydrogen-bond acceptors (Lipinski definition) is 3. The van der Waals surface area contributed by atoms with Gasteiger partial charge >= 0.3 is 5.97 Å². The molecule has 19 heavy (non-hydrogen) atoms. The monoisotopic (exact) mass is 260 g/mol. The molecule has 1 atom stereocenters. The largest absolute Gasteiger partial charge is 0.480 e. The molecule has 1 amide bonds. The van der Waals surface area contributed by atoms with E-state index < -0.39 is 23.3 Å². The van der Waals surface area contributed by atoms with Crippen LogP contribution in [0.2, 0.25) is 0 Å². The number of carboxylic acids is 1. The summed E-state index contributed by atoms with van der Waals surface area (Å²) < 4.78 is 0. The van der Waals surface area contributed by atoms with Gasteiger partial charge in [0, 0.05) is 17.1 Å². The van der Waals surface area contributed by atoms with Gasteiger partial charge in [0.15, 0.2) is 0 Å². The average Bonchev–Trinajstić information content (AvgIpc) is 2.39. The normalized spacial score (nSPS) is 12.1. The van der Waals surface area contributed by atoms with Crippen LogP contribution in [0.15, 0.2) is 35.3 Å². The number of benzene rings is 1. The fourth-order valence-electron chi connectivity index (χ4n) is 1.67. The van der Waals surface area contributed by atoms with Crippen LogP contribution in [0.3, 0.4) is 0 Å². The number of carboxylic acid groups (broad SMARTS) is 1. The molecule has 0 aliphatic carbocycles. The number of H-pyrrole nitrogens is 1. The van der Waals surface area contributed by atoms with Crippen molar-refractivity contribution in [2.75, 3.05) is 0 Å². The van der Waals surface area contributed by atoms with E-state index in [0.717, 1.165) is 0 Å². The molecule has 0 aliphatic heterocycles. The van der Waals surface area contributed by atoms with Crippen molar-refractivity contribution in [3.05, 3.63) is 46.2 Å². The van der Waals surface area contributed by atoms with Crippen LogP contribution in [0, 0.1) is 0 Å². The minimum absolute atomic E-state index is 0.105. The first kappa shape index (κ1) is 12.8. The molecule has 0 saturated heterocycles. The number of amides is 1. The Labute approximate surface area is 108 Å². The van der Waals surface area contributed by atoms with Crippen LogP contribution >= 0.6 is 0 Å². The van der Waals surface area contributed by atoms with Gasteiger partial charge in [0.05, 0.1) is 0 Å². The summed E-state index contributed by atoms with van der Waals surface area (Å²) >= 11 is 0. The van der Waals surface area contributed by atoms with Crippen molar-refractivity contribution < 1.29 is 14.7 Å². The second-order valence-electron chi connectivity index (χ2n) is 4.11. The summed E-state index contributed by atoms with van der Waals surface area (Å²) in [6.07, 6.45) is 1.29. The number of carbonyl (C=O) groups is 2. The van der Waals surface area contributed by atoms with Gasteiger partial charge in [-0.1, -0.05) is 12.1 Å². The smallest absolute Gasteiger partial charge is 0.325 e. The number of hydrogen-bond donors (Lipinski definition) is 3. The predicted molar refractivity (Wildman–Crippen MR) is 69.1 cm³/mol. The van der Waals surface area contributed by atoms with E-state index >= 15 is 0 Å². The van der Waals surface area contributed by atoms with Crippen molar-refractivity contribution in [3.8, 4) is 0 Å². The molecule has 0 bridgehead atoms. The standard InChI is InChI=1S/C13H12N2O4/c1-7(13(18)19)15-12(17)9-6-14-10-5-3-2-4-8(10)11(9)16/h2-7H,1H3,(H,14,16)(H,15,17)(H,18,19). The molecule has 2 aromatic rings. The van der Waals surface area contributed by atoms with Crippen LogP contribution in [0.1, 0.15) is 17.3 Å². The van der Waals surface area contributed by atoms with Gasteiger partial charge in [-0.3, -0.25) is 14.4 Å². The molecule has 0 radical (unpaired) electrons. The van der Waals surface area contributed by atoms with Gasteiger partial charge in [-0.25, -0.2) is 0 Å². The molecule has 1 aromatic carbocycles. The summed E-state index contributed by atoms with van der Waals surface area (Å²) in [5.41, 5.74) is 0.0894. The lowest BCUT2D eigenvalue weighted by atomic mass is 10.1. The van der Waals surface area contributed by atoms with E-state index in [1.54, 1.807) is 24.3 Å². The fourth-order valence-corrected chi connectivity index (χ4v) is 1.67. The Morgan fingerprint density at radius 2 is 2.00 bits per heavy atom. The number of aliphatic carboxylic acids is 1. The third-order valence-corrected chi connectivity index (χ3v) is 2.75. The zero-order valence-electron chi connectivity index (χ0n) is 10.1. The Morgan fingerprint density at radius 1 is 1.32 bits per heavy atom. The zero-order valence-corrected chi connectivity index (χ0v) is 10.1. The highest BCUT2D eigenvalue weighted by molar-refractivity contribution is 5.98. The molecule has 6 nitrogen and oxygen atoms in total. The Morgan fingerprint density at radius 3 is 2.68 bits per heavy atom. The first-order valence-electron chi connectivity index (χ1n) is 5.65. The minimum atomic E-state index is -1.16. The lowest BCUT2D eigenvalue weighted by Gasteiger charge is -2.09. The maximum atomic E-state index is 12.1. The van der Waals surface area contributed by atoms with Crippen LogP contribution in [0.4, 0.5) is 0 Å². The molecule has 6 heteroatoms. The minimum Gasteiger partial charge on any atom is -0.480 e. The number of aromatic amines is 1. The second kappa shape index (κ2) is 4.93. The lowest BCUT2D eigenvalue weighted by molar-refractivity contribution is -0.138. The van der Waals surface area contributed by atoms with Crippen molar-refractivity contribution in [2.45, 2.75) is 13.0 Å². The van der Waals surface area contributed by atoms with Crippen LogP contribution in [-0.2, 0) is 4.79 Å². The van der Waals surface area contributed by atoms with Crippen molar-refractivity contribution in [3.63, 3.8) is 0 Å². The number of carbonyl (C=O) groups excluding carboxylic acids is 1. The molecule has 3 N–H and O–H groups in total. The summed E-state index contributed by atoms with van der Waals surface area (Å²) in [7, 11) is 0. The van der Waals surface area contributed by atoms with Gasteiger partial charge in [-0.05, 0) is 19.1 Å². The molecule has 1 aromatic heterocycles. The third-order valence-electron chi connectivity index (χ3n) is 2.75. The van der Waals surface area contributed by atoms with E-state index in [9.17, 15) is 14.4 Å². The topological polar surface area (TPSA) is 99.3 Å². The van der Waals surface area contributed by atoms with E-state index in [0.29, 0.717) is 10.9 Å². The van der Waals surface area contributed by atoms with E-state index in [-0.39, 0.29) is 5.56 Å². The first-order valence-corrected chi connectivity index (χ1v) is 5.65. The molecule has 0 aliphatic rings. The van der Waals surface area contributed by atoms with Gasteiger partial charge in [0.2, 0.25) is 5.43 Å². The molecule has 1 unspecified atom stereocenters. The number of nitrogens with one attached hydrogen (secondary N) is 2. The third kappa shape index (κ3) is 2.47. The lowest BCUT2D eigenvalue weighted by Crippen LogP contribution is -2.40. The molecule has 0 spiro atoms. The maximum Gasteiger partial charge on any atom is 0.325 e. The summed E-state index contributed by atoms with van der Waals surface area (Å²) in [6, 6.07) is 5.73. The number of pyridine rings is 1. The van der Waals surface area contributed by atoms with Crippen LogP contribution in [0.25, 0.3) is 10.9 Å². The van der Waals surface area contributed by atoms with E-state index in [1.807, 2.05) is 0 Å². The Bertz CT molecular complexity index is 705. The second-order valence-corrected chi connectivity index (χ2v) is 4.11. The average molecular weight is 260 g/mol. The van der Waals surface area contributed by atoms with E-state index in [2.05, 4.69) is 10.3 Å². The Kier molecular flexibility index (Phi) is 3.33. The van der Waals surface area contributed by atoms with Crippen molar-refractivity contribution in [1.82, 2.24) is 10.3 Å². The van der Waals surface area contributed by atoms with Crippen molar-refractivity contribution in [2.24, 2.45) is 0 Å². The number of fused-ring (bicyclic) bond motifs is 1. The SMILES string of the molecule is CC(NC(=O)c1c[nH]c2ccccc2c1=O)C(=O)O. The molecule has 1 heterocycles. The van der Waals surface area contributed by atoms with Gasteiger partial charge in [-0.2, -0.15) is 0 Å². The zero-order chi connectivity index (χ0) is 14.0. The molecule has 0 saturated carbocycles. The van der Waals surface area contributed by atoms with Crippen LogP contribution in [-0.4, -0.2) is 28.0 Å². The molecule has 0 fully saturated rings. The highest BCUT2D eigenvalue weighted by atomic mass is 16.4. The molecular formula is C13H12N2O4. The van der Waals surface area contributed by atoms with Crippen LogP contribution < -0.4 is 10.7 Å². The quantitative estimate of drug-likeness (QED) is 0.757. The number of aromatic nitrogens is 1. The number of rotatable bonds is 3. The van der Waals surface area contributed by atoms with Gasteiger partial charge in [0.1, 0.15) is 11.6 Å².